The molecule has 0 saturated carbocycles. The van der Waals surface area contributed by atoms with Crippen LogP contribution in [0.1, 0.15) is 23.2 Å². The largest absolute Gasteiger partial charge is 0.376 e. The van der Waals surface area contributed by atoms with E-state index < -0.39 is 15.8 Å². The molecule has 6 nitrogen and oxygen atoms in total. The number of nitrogens with one attached hydrogen (secondary N) is 2. The van der Waals surface area contributed by atoms with Gasteiger partial charge in [0, 0.05) is 24.4 Å². The van der Waals surface area contributed by atoms with Gasteiger partial charge in [0.1, 0.15) is 5.82 Å². The number of amides is 1. The molecule has 0 aliphatic carbocycles. The van der Waals surface area contributed by atoms with Crippen LogP contribution in [0.5, 0.6) is 0 Å². The molecule has 2 N–H and O–H groups in total. The maximum atomic E-state index is 12.9. The molecule has 26 heavy (non-hydrogen) atoms. The minimum absolute atomic E-state index is 0.0442. The van der Waals surface area contributed by atoms with Gasteiger partial charge in [-0.15, -0.1) is 0 Å². The summed E-state index contributed by atoms with van der Waals surface area (Å²) in [5.41, 5.74) is 0.734. The number of sulfonamides is 1. The van der Waals surface area contributed by atoms with Gasteiger partial charge in [-0.05, 0) is 61.4 Å². The van der Waals surface area contributed by atoms with Gasteiger partial charge in [-0.1, -0.05) is 0 Å². The summed E-state index contributed by atoms with van der Waals surface area (Å²) in [5, 5.41) is 2.80. The number of hydrogen-bond acceptors (Lipinski definition) is 4. The molecule has 1 aliphatic rings. The molecular weight excluding hydrogens is 359 g/mol. The third-order valence-electron chi connectivity index (χ3n) is 4.04. The van der Waals surface area contributed by atoms with Crippen molar-refractivity contribution in [1.82, 2.24) is 5.32 Å². The molecule has 0 bridgehead atoms. The lowest BCUT2D eigenvalue weighted by Gasteiger charge is -2.11. The van der Waals surface area contributed by atoms with Gasteiger partial charge in [0.05, 0.1) is 11.0 Å². The van der Waals surface area contributed by atoms with Gasteiger partial charge >= 0.3 is 0 Å². The quantitative estimate of drug-likeness (QED) is 0.809. The van der Waals surface area contributed by atoms with Gasteiger partial charge < -0.3 is 10.1 Å². The molecule has 1 saturated heterocycles. The molecule has 1 fully saturated rings. The highest BCUT2D eigenvalue weighted by Gasteiger charge is 2.17. The minimum atomic E-state index is -3.82. The average Bonchev–Trinajstić information content (AvgIpc) is 3.14. The molecule has 138 valence electrons. The van der Waals surface area contributed by atoms with Crippen molar-refractivity contribution < 1.29 is 22.3 Å². The van der Waals surface area contributed by atoms with Crippen molar-refractivity contribution >= 4 is 21.6 Å². The van der Waals surface area contributed by atoms with E-state index in [1.807, 2.05) is 0 Å². The van der Waals surface area contributed by atoms with Gasteiger partial charge in [0.15, 0.2) is 0 Å². The van der Waals surface area contributed by atoms with Gasteiger partial charge in [-0.2, -0.15) is 0 Å². The molecule has 1 amide bonds. The van der Waals surface area contributed by atoms with Gasteiger partial charge in [0.25, 0.3) is 15.9 Å². The Balaban J connectivity index is 1.61. The van der Waals surface area contributed by atoms with Crippen LogP contribution in [-0.4, -0.2) is 33.6 Å². The summed E-state index contributed by atoms with van der Waals surface area (Å²) < 4.78 is 45.3. The lowest BCUT2D eigenvalue weighted by atomic mass is 10.2. The standard InChI is InChI=1S/C18H19FN2O4S/c19-14-5-9-17(10-6-14)26(23,24)21-15-7-3-13(4-8-15)18(22)20-12-16-2-1-11-25-16/h3-10,16,21H,1-2,11-12H2,(H,20,22). The summed E-state index contributed by atoms with van der Waals surface area (Å²) in [5.74, 6) is -0.754. The molecule has 1 aliphatic heterocycles. The molecule has 1 atom stereocenters. The van der Waals surface area contributed by atoms with E-state index in [2.05, 4.69) is 10.0 Å². The number of benzene rings is 2. The summed E-state index contributed by atoms with van der Waals surface area (Å²) >= 11 is 0. The Hall–Kier alpha value is -2.45. The summed E-state index contributed by atoms with van der Waals surface area (Å²) in [7, 11) is -3.82. The number of halogens is 1. The highest BCUT2D eigenvalue weighted by Crippen LogP contribution is 2.17. The summed E-state index contributed by atoms with van der Waals surface area (Å²) in [6, 6.07) is 10.6. The molecule has 1 heterocycles. The maximum absolute atomic E-state index is 12.9. The molecule has 2 aromatic rings. The molecule has 3 rings (SSSR count). The summed E-state index contributed by atoms with van der Waals surface area (Å²) in [6.07, 6.45) is 1.99. The second kappa shape index (κ2) is 7.84. The van der Waals surface area contributed by atoms with Crippen molar-refractivity contribution in [1.29, 1.82) is 0 Å². The lowest BCUT2D eigenvalue weighted by Crippen LogP contribution is -2.31. The van der Waals surface area contributed by atoms with Gasteiger partial charge in [0.2, 0.25) is 0 Å². The van der Waals surface area contributed by atoms with E-state index in [1.54, 1.807) is 0 Å². The second-order valence-corrected chi connectivity index (χ2v) is 7.66. The van der Waals surface area contributed by atoms with Crippen LogP contribution in [0, 0.1) is 5.82 Å². The molecule has 2 aromatic carbocycles. The predicted molar refractivity (Wildman–Crippen MR) is 95.0 cm³/mol. The topological polar surface area (TPSA) is 84.5 Å². The first-order valence-electron chi connectivity index (χ1n) is 8.22. The van der Waals surface area contributed by atoms with Crippen LogP contribution >= 0.6 is 0 Å². The first kappa shape index (κ1) is 18.3. The molecule has 0 spiro atoms. The van der Waals surface area contributed by atoms with E-state index in [0.717, 1.165) is 31.6 Å². The van der Waals surface area contributed by atoms with Crippen molar-refractivity contribution in [3.63, 3.8) is 0 Å². The summed E-state index contributed by atoms with van der Waals surface area (Å²) in [4.78, 5) is 12.1. The SMILES string of the molecule is O=C(NCC1CCCO1)c1ccc(NS(=O)(=O)c2ccc(F)cc2)cc1. The van der Waals surface area contributed by atoms with Crippen LogP contribution in [0.3, 0.4) is 0 Å². The molecular formula is C18H19FN2O4S. The molecule has 1 unspecified atom stereocenters. The van der Waals surface area contributed by atoms with E-state index >= 15 is 0 Å². The van der Waals surface area contributed by atoms with E-state index in [-0.39, 0.29) is 16.9 Å². The average molecular weight is 378 g/mol. The van der Waals surface area contributed by atoms with E-state index in [1.165, 1.54) is 36.4 Å². The molecule has 0 aromatic heterocycles. The summed E-state index contributed by atoms with van der Waals surface area (Å²) in [6.45, 7) is 1.18. The van der Waals surface area contributed by atoms with E-state index in [9.17, 15) is 17.6 Å². The minimum Gasteiger partial charge on any atom is -0.376 e. The first-order chi connectivity index (χ1) is 12.4. The number of carbonyl (C=O) groups is 1. The zero-order chi connectivity index (χ0) is 18.6. The third-order valence-corrected chi connectivity index (χ3v) is 5.43. The van der Waals surface area contributed by atoms with Gasteiger partial charge in [-0.25, -0.2) is 12.8 Å². The number of hydrogen-bond donors (Lipinski definition) is 2. The Morgan fingerprint density at radius 2 is 1.81 bits per heavy atom. The number of carbonyl (C=O) groups excluding carboxylic acids is 1. The van der Waals surface area contributed by atoms with Crippen molar-refractivity contribution in [2.24, 2.45) is 0 Å². The van der Waals surface area contributed by atoms with Crippen molar-refractivity contribution in [2.75, 3.05) is 17.9 Å². The van der Waals surface area contributed by atoms with Gasteiger partial charge in [-0.3, -0.25) is 9.52 Å². The number of ether oxygens (including phenoxy) is 1. The predicted octanol–water partition coefficient (Wildman–Crippen LogP) is 2.54. The number of rotatable bonds is 6. The first-order valence-corrected chi connectivity index (χ1v) is 9.71. The fraction of sp³-hybridized carbons (Fsp3) is 0.278. The third kappa shape index (κ3) is 4.59. The van der Waals surface area contributed by atoms with Crippen molar-refractivity contribution in [3.05, 3.63) is 59.9 Å². The van der Waals surface area contributed by atoms with Crippen LogP contribution in [0.2, 0.25) is 0 Å². The van der Waals surface area contributed by atoms with Crippen LogP contribution in [0.4, 0.5) is 10.1 Å². The zero-order valence-corrected chi connectivity index (χ0v) is 14.8. The van der Waals surface area contributed by atoms with Crippen LogP contribution in [-0.2, 0) is 14.8 Å². The van der Waals surface area contributed by atoms with Crippen molar-refractivity contribution in [2.45, 2.75) is 23.8 Å². The Labute approximate surface area is 151 Å². The Morgan fingerprint density at radius 1 is 1.12 bits per heavy atom. The maximum Gasteiger partial charge on any atom is 0.261 e. The van der Waals surface area contributed by atoms with Crippen molar-refractivity contribution in [3.8, 4) is 0 Å². The van der Waals surface area contributed by atoms with E-state index in [4.69, 9.17) is 4.74 Å². The Bertz CT molecular complexity index is 861. The smallest absolute Gasteiger partial charge is 0.261 e. The Kier molecular flexibility index (Phi) is 5.53. The van der Waals surface area contributed by atoms with Crippen LogP contribution in [0.15, 0.2) is 53.4 Å². The Morgan fingerprint density at radius 3 is 2.42 bits per heavy atom. The fourth-order valence-corrected chi connectivity index (χ4v) is 3.69. The highest BCUT2D eigenvalue weighted by molar-refractivity contribution is 7.92. The van der Waals surface area contributed by atoms with E-state index in [0.29, 0.717) is 17.8 Å². The zero-order valence-electron chi connectivity index (χ0n) is 13.9. The molecule has 0 radical (unpaired) electrons. The normalized spacial score (nSPS) is 17.0. The number of anilines is 1. The lowest BCUT2D eigenvalue weighted by molar-refractivity contribution is 0.0858. The van der Waals surface area contributed by atoms with Crippen LogP contribution < -0.4 is 10.0 Å². The van der Waals surface area contributed by atoms with Crippen LogP contribution in [0.25, 0.3) is 0 Å². The fourth-order valence-electron chi connectivity index (χ4n) is 2.63. The second-order valence-electron chi connectivity index (χ2n) is 5.98. The molecule has 8 heteroatoms. The highest BCUT2D eigenvalue weighted by atomic mass is 32.2. The monoisotopic (exact) mass is 378 g/mol.